The number of hydrogen-bond acceptors (Lipinski definition) is 4. The quantitative estimate of drug-likeness (QED) is 0.378. The Morgan fingerprint density at radius 3 is 2.82 bits per heavy atom. The highest BCUT2D eigenvalue weighted by molar-refractivity contribution is 5.81. The molecule has 0 aromatic carbocycles. The molecule has 1 aliphatic rings. The van der Waals surface area contributed by atoms with Crippen molar-refractivity contribution >= 4 is 5.97 Å². The monoisotopic (exact) mass is 241 g/mol. The minimum Gasteiger partial charge on any atom is -0.463 e. The fourth-order valence-electron chi connectivity index (χ4n) is 1.78. The predicted molar refractivity (Wildman–Crippen MR) is 66.8 cm³/mol. The number of ether oxygens (including phenoxy) is 2. The molecule has 98 valence electrons. The third kappa shape index (κ3) is 5.84. The van der Waals surface area contributed by atoms with E-state index in [4.69, 9.17) is 9.47 Å². The summed E-state index contributed by atoms with van der Waals surface area (Å²) in [5, 5.41) is 3.34. The van der Waals surface area contributed by atoms with Crippen LogP contribution in [0.1, 0.15) is 26.2 Å². The first-order valence-corrected chi connectivity index (χ1v) is 6.25. The first kappa shape index (κ1) is 14.2. The first-order valence-electron chi connectivity index (χ1n) is 6.25. The molecule has 1 fully saturated rings. The number of methoxy groups -OCH3 is 1. The lowest BCUT2D eigenvalue weighted by Crippen LogP contribution is -2.25. The van der Waals surface area contributed by atoms with Crippen LogP contribution in [0, 0.1) is 5.41 Å². The molecule has 0 heterocycles. The van der Waals surface area contributed by atoms with Gasteiger partial charge in [0.2, 0.25) is 0 Å². The standard InChI is InChI=1S/C13H23NO3/c1-3-17-12(15)5-4-9-14-11-13(6-7-13)8-10-16-2/h4-5,14H,3,6-11H2,1-2H3/b5-4+. The van der Waals surface area contributed by atoms with Gasteiger partial charge in [0.25, 0.3) is 0 Å². The van der Waals surface area contributed by atoms with Crippen LogP contribution in [0.25, 0.3) is 0 Å². The van der Waals surface area contributed by atoms with Gasteiger partial charge in [0.05, 0.1) is 6.61 Å². The van der Waals surface area contributed by atoms with Gasteiger partial charge in [0.15, 0.2) is 0 Å². The van der Waals surface area contributed by atoms with Crippen molar-refractivity contribution in [3.8, 4) is 0 Å². The molecule has 0 aliphatic heterocycles. The Morgan fingerprint density at radius 1 is 1.47 bits per heavy atom. The topological polar surface area (TPSA) is 47.6 Å². The molecule has 0 unspecified atom stereocenters. The van der Waals surface area contributed by atoms with Crippen molar-refractivity contribution in [1.29, 1.82) is 0 Å². The Balaban J connectivity index is 2.06. The normalized spacial score (nSPS) is 17.3. The van der Waals surface area contributed by atoms with Gasteiger partial charge in [-0.2, -0.15) is 0 Å². The van der Waals surface area contributed by atoms with Gasteiger partial charge in [-0.05, 0) is 31.6 Å². The molecular weight excluding hydrogens is 218 g/mol. The molecule has 0 saturated heterocycles. The van der Waals surface area contributed by atoms with E-state index >= 15 is 0 Å². The Labute approximate surface area is 103 Å². The molecule has 4 heteroatoms. The van der Waals surface area contributed by atoms with Gasteiger partial charge in [-0.3, -0.25) is 0 Å². The molecule has 0 aromatic heterocycles. The molecule has 0 radical (unpaired) electrons. The molecule has 17 heavy (non-hydrogen) atoms. The van der Waals surface area contributed by atoms with Crippen LogP contribution in [0.4, 0.5) is 0 Å². The van der Waals surface area contributed by atoms with Gasteiger partial charge in [-0.25, -0.2) is 4.79 Å². The van der Waals surface area contributed by atoms with E-state index in [1.807, 2.05) is 6.08 Å². The zero-order valence-corrected chi connectivity index (χ0v) is 10.8. The highest BCUT2D eigenvalue weighted by atomic mass is 16.5. The number of carbonyl (C=O) groups is 1. The van der Waals surface area contributed by atoms with Gasteiger partial charge in [0, 0.05) is 32.9 Å². The molecule has 4 nitrogen and oxygen atoms in total. The molecule has 0 aromatic rings. The molecule has 1 aliphatic carbocycles. The van der Waals surface area contributed by atoms with Crippen molar-refractivity contribution in [1.82, 2.24) is 5.32 Å². The average molecular weight is 241 g/mol. The van der Waals surface area contributed by atoms with E-state index in [1.165, 1.54) is 18.9 Å². The molecule has 1 saturated carbocycles. The maximum atomic E-state index is 11.0. The molecule has 0 spiro atoms. The maximum Gasteiger partial charge on any atom is 0.330 e. The van der Waals surface area contributed by atoms with E-state index < -0.39 is 0 Å². The van der Waals surface area contributed by atoms with Gasteiger partial charge in [-0.1, -0.05) is 6.08 Å². The summed E-state index contributed by atoms with van der Waals surface area (Å²) in [4.78, 5) is 11.0. The van der Waals surface area contributed by atoms with Crippen LogP contribution in [0.3, 0.4) is 0 Å². The van der Waals surface area contributed by atoms with Crippen molar-refractivity contribution in [2.45, 2.75) is 26.2 Å². The van der Waals surface area contributed by atoms with Crippen molar-refractivity contribution in [3.05, 3.63) is 12.2 Å². The van der Waals surface area contributed by atoms with E-state index in [0.29, 0.717) is 18.6 Å². The first-order chi connectivity index (χ1) is 8.22. The van der Waals surface area contributed by atoms with Crippen LogP contribution in [-0.4, -0.2) is 39.4 Å². The molecular formula is C13H23NO3. The van der Waals surface area contributed by atoms with Crippen LogP contribution in [0.2, 0.25) is 0 Å². The van der Waals surface area contributed by atoms with Gasteiger partial charge in [0.1, 0.15) is 0 Å². The Morgan fingerprint density at radius 2 is 2.24 bits per heavy atom. The van der Waals surface area contributed by atoms with Crippen molar-refractivity contribution in [3.63, 3.8) is 0 Å². The molecule has 1 rings (SSSR count). The number of carbonyl (C=O) groups excluding carboxylic acids is 1. The molecule has 0 bridgehead atoms. The number of esters is 1. The summed E-state index contributed by atoms with van der Waals surface area (Å²) in [6.45, 7) is 4.78. The minimum atomic E-state index is -0.269. The zero-order valence-electron chi connectivity index (χ0n) is 10.8. The van der Waals surface area contributed by atoms with E-state index in [0.717, 1.165) is 19.6 Å². The van der Waals surface area contributed by atoms with E-state index in [2.05, 4.69) is 5.32 Å². The van der Waals surface area contributed by atoms with Crippen LogP contribution >= 0.6 is 0 Å². The van der Waals surface area contributed by atoms with Gasteiger partial charge < -0.3 is 14.8 Å². The van der Waals surface area contributed by atoms with Crippen molar-refractivity contribution in [2.75, 3.05) is 33.4 Å². The average Bonchev–Trinajstić information content (AvgIpc) is 3.07. The number of rotatable bonds is 9. The Kier molecular flexibility index (Phi) is 6.22. The molecule has 0 atom stereocenters. The summed E-state index contributed by atoms with van der Waals surface area (Å²) in [7, 11) is 1.74. The summed E-state index contributed by atoms with van der Waals surface area (Å²) in [6.07, 6.45) is 6.98. The van der Waals surface area contributed by atoms with E-state index in [9.17, 15) is 4.79 Å². The second-order valence-electron chi connectivity index (χ2n) is 4.53. The summed E-state index contributed by atoms with van der Waals surface area (Å²) < 4.78 is 9.89. The van der Waals surface area contributed by atoms with Gasteiger partial charge in [-0.15, -0.1) is 0 Å². The third-order valence-electron chi connectivity index (χ3n) is 3.10. The number of hydrogen-bond donors (Lipinski definition) is 1. The highest BCUT2D eigenvalue weighted by Gasteiger charge is 2.41. The summed E-state index contributed by atoms with van der Waals surface area (Å²) >= 11 is 0. The second-order valence-corrected chi connectivity index (χ2v) is 4.53. The zero-order chi connectivity index (χ0) is 12.6. The Hall–Kier alpha value is -0.870. The largest absolute Gasteiger partial charge is 0.463 e. The van der Waals surface area contributed by atoms with Crippen LogP contribution in [0.15, 0.2) is 12.2 Å². The Bertz CT molecular complexity index is 259. The summed E-state index contributed by atoms with van der Waals surface area (Å²) in [6, 6.07) is 0. The number of nitrogens with one attached hydrogen (secondary N) is 1. The molecule has 0 amide bonds. The van der Waals surface area contributed by atoms with Crippen LogP contribution in [-0.2, 0) is 14.3 Å². The van der Waals surface area contributed by atoms with E-state index in [-0.39, 0.29) is 5.97 Å². The van der Waals surface area contributed by atoms with Crippen molar-refractivity contribution < 1.29 is 14.3 Å². The molecule has 1 N–H and O–H groups in total. The van der Waals surface area contributed by atoms with E-state index in [1.54, 1.807) is 14.0 Å². The minimum absolute atomic E-state index is 0.269. The maximum absolute atomic E-state index is 11.0. The van der Waals surface area contributed by atoms with Crippen LogP contribution in [0.5, 0.6) is 0 Å². The predicted octanol–water partition coefficient (Wildman–Crippen LogP) is 1.51. The summed E-state index contributed by atoms with van der Waals surface area (Å²) in [5.74, 6) is -0.269. The lowest BCUT2D eigenvalue weighted by molar-refractivity contribution is -0.137. The smallest absolute Gasteiger partial charge is 0.330 e. The van der Waals surface area contributed by atoms with Crippen molar-refractivity contribution in [2.24, 2.45) is 5.41 Å². The van der Waals surface area contributed by atoms with Gasteiger partial charge >= 0.3 is 5.97 Å². The fourth-order valence-corrected chi connectivity index (χ4v) is 1.78. The second kappa shape index (κ2) is 7.45. The lowest BCUT2D eigenvalue weighted by atomic mass is 10.0. The summed E-state index contributed by atoms with van der Waals surface area (Å²) in [5.41, 5.74) is 0.452. The fraction of sp³-hybridized carbons (Fsp3) is 0.769. The highest BCUT2D eigenvalue weighted by Crippen LogP contribution is 2.48. The third-order valence-corrected chi connectivity index (χ3v) is 3.10. The van der Waals surface area contributed by atoms with Crippen LogP contribution < -0.4 is 5.32 Å². The lowest BCUT2D eigenvalue weighted by Gasteiger charge is -2.14. The SMILES string of the molecule is CCOC(=O)/C=C/CNCC1(CCOC)CC1.